The standard InChI is InChI=1S/C28H28Cl2N2O2/c29-23-13-20(1-4-25(23)31)33-19-3-6-27(34-21-2-5-26(32)24(30)14-21)22(12-19)28-17-8-15-7-16(10-17)11-18(28)9-15/h1-6,12-18,28H,7-11,31-32H2. The van der Waals surface area contributed by atoms with Crippen LogP contribution >= 0.6 is 23.2 Å². The number of ether oxygens (including phenoxy) is 2. The molecule has 4 aliphatic rings. The van der Waals surface area contributed by atoms with Gasteiger partial charge in [0, 0.05) is 17.7 Å². The lowest BCUT2D eigenvalue weighted by Crippen LogP contribution is -2.43. The van der Waals surface area contributed by atoms with E-state index in [1.54, 1.807) is 24.3 Å². The van der Waals surface area contributed by atoms with Crippen molar-refractivity contribution in [2.24, 2.45) is 23.7 Å². The van der Waals surface area contributed by atoms with Gasteiger partial charge < -0.3 is 20.9 Å². The van der Waals surface area contributed by atoms with Crippen LogP contribution in [-0.2, 0) is 0 Å². The SMILES string of the molecule is Nc1ccc(Oc2ccc(Oc3ccc(N)c(Cl)c3)c(C3C4CC5CC(C4)CC3C5)c2)cc1Cl. The Bertz CT molecular complexity index is 1220. The maximum Gasteiger partial charge on any atom is 0.131 e. The van der Waals surface area contributed by atoms with Crippen LogP contribution in [0.1, 0.15) is 43.6 Å². The third-order valence-corrected chi connectivity index (χ3v) is 8.63. The zero-order chi connectivity index (χ0) is 23.4. The van der Waals surface area contributed by atoms with E-state index in [2.05, 4.69) is 6.07 Å². The van der Waals surface area contributed by atoms with Crippen LogP contribution in [-0.4, -0.2) is 0 Å². The van der Waals surface area contributed by atoms with E-state index in [0.29, 0.717) is 50.7 Å². The summed E-state index contributed by atoms with van der Waals surface area (Å²) in [4.78, 5) is 0. The molecule has 4 saturated carbocycles. The molecule has 0 unspecified atom stereocenters. The molecule has 0 heterocycles. The van der Waals surface area contributed by atoms with Gasteiger partial charge in [0.15, 0.2) is 0 Å². The molecule has 7 rings (SSSR count). The average Bonchev–Trinajstić information content (AvgIpc) is 2.79. The summed E-state index contributed by atoms with van der Waals surface area (Å²) >= 11 is 12.5. The molecule has 4 bridgehead atoms. The van der Waals surface area contributed by atoms with Crippen LogP contribution < -0.4 is 20.9 Å². The molecule has 0 aliphatic heterocycles. The Kier molecular flexibility index (Phi) is 5.54. The van der Waals surface area contributed by atoms with Gasteiger partial charge >= 0.3 is 0 Å². The minimum atomic E-state index is 0.477. The Morgan fingerprint density at radius 3 is 1.68 bits per heavy atom. The monoisotopic (exact) mass is 494 g/mol. The molecule has 3 aromatic carbocycles. The second-order valence-corrected chi connectivity index (χ2v) is 11.0. The maximum absolute atomic E-state index is 6.41. The summed E-state index contributed by atoms with van der Waals surface area (Å²) in [5, 5.41) is 0.979. The Balaban J connectivity index is 1.37. The minimum Gasteiger partial charge on any atom is -0.457 e. The quantitative estimate of drug-likeness (QED) is 0.350. The molecular weight excluding hydrogens is 467 g/mol. The van der Waals surface area contributed by atoms with Crippen LogP contribution in [0, 0.1) is 23.7 Å². The molecule has 4 fully saturated rings. The number of benzene rings is 3. The summed E-state index contributed by atoms with van der Waals surface area (Å²) in [6.07, 6.45) is 6.72. The fourth-order valence-corrected chi connectivity index (χ4v) is 7.12. The van der Waals surface area contributed by atoms with Gasteiger partial charge in [0.2, 0.25) is 0 Å². The Morgan fingerprint density at radius 2 is 1.12 bits per heavy atom. The topological polar surface area (TPSA) is 70.5 Å². The zero-order valence-corrected chi connectivity index (χ0v) is 20.4. The van der Waals surface area contributed by atoms with Gasteiger partial charge in [-0.2, -0.15) is 0 Å². The summed E-state index contributed by atoms with van der Waals surface area (Å²) in [7, 11) is 0. The van der Waals surface area contributed by atoms with Crippen LogP contribution in [0.5, 0.6) is 23.0 Å². The summed E-state index contributed by atoms with van der Waals surface area (Å²) in [5.41, 5.74) is 14.1. The molecule has 3 aromatic rings. The Morgan fingerprint density at radius 1 is 0.618 bits per heavy atom. The van der Waals surface area contributed by atoms with E-state index in [9.17, 15) is 0 Å². The van der Waals surface area contributed by atoms with Crippen molar-refractivity contribution < 1.29 is 9.47 Å². The van der Waals surface area contributed by atoms with E-state index in [4.69, 9.17) is 44.1 Å². The fourth-order valence-electron chi connectivity index (χ4n) is 6.78. The number of hydrogen-bond acceptors (Lipinski definition) is 4. The first-order valence-corrected chi connectivity index (χ1v) is 12.8. The largest absolute Gasteiger partial charge is 0.457 e. The number of hydrogen-bond donors (Lipinski definition) is 2. The molecule has 176 valence electrons. The van der Waals surface area contributed by atoms with Gasteiger partial charge in [0.05, 0.1) is 21.4 Å². The van der Waals surface area contributed by atoms with Crippen LogP contribution in [0.2, 0.25) is 10.0 Å². The zero-order valence-electron chi connectivity index (χ0n) is 18.8. The van der Waals surface area contributed by atoms with Crippen molar-refractivity contribution in [1.29, 1.82) is 0 Å². The van der Waals surface area contributed by atoms with Crippen molar-refractivity contribution in [3.8, 4) is 23.0 Å². The van der Waals surface area contributed by atoms with E-state index in [1.807, 2.05) is 24.3 Å². The van der Waals surface area contributed by atoms with Crippen molar-refractivity contribution in [2.75, 3.05) is 11.5 Å². The lowest BCUT2D eigenvalue weighted by molar-refractivity contribution is -0.00339. The number of anilines is 2. The predicted octanol–water partition coefficient (Wildman–Crippen LogP) is 8.28. The molecule has 0 aromatic heterocycles. The van der Waals surface area contributed by atoms with Crippen LogP contribution in [0.15, 0.2) is 54.6 Å². The minimum absolute atomic E-state index is 0.477. The number of nitrogen functional groups attached to an aromatic ring is 2. The lowest BCUT2D eigenvalue weighted by atomic mass is 9.50. The van der Waals surface area contributed by atoms with Crippen molar-refractivity contribution in [3.05, 3.63) is 70.2 Å². The van der Waals surface area contributed by atoms with Gasteiger partial charge in [-0.15, -0.1) is 0 Å². The van der Waals surface area contributed by atoms with Crippen molar-refractivity contribution >= 4 is 34.6 Å². The van der Waals surface area contributed by atoms with Crippen molar-refractivity contribution in [1.82, 2.24) is 0 Å². The molecule has 0 amide bonds. The molecular formula is C28H28Cl2N2O2. The summed E-state index contributed by atoms with van der Waals surface area (Å²) in [6, 6.07) is 16.9. The first-order chi connectivity index (χ1) is 16.4. The predicted molar refractivity (Wildman–Crippen MR) is 138 cm³/mol. The number of halogens is 2. The third-order valence-electron chi connectivity index (χ3n) is 7.97. The average molecular weight is 495 g/mol. The van der Waals surface area contributed by atoms with E-state index in [1.165, 1.54) is 37.7 Å². The molecule has 6 heteroatoms. The second kappa shape index (κ2) is 8.58. The van der Waals surface area contributed by atoms with Gasteiger partial charge in [0.1, 0.15) is 23.0 Å². The van der Waals surface area contributed by atoms with Gasteiger partial charge in [0.25, 0.3) is 0 Å². The molecule has 34 heavy (non-hydrogen) atoms. The van der Waals surface area contributed by atoms with E-state index in [-0.39, 0.29) is 0 Å². The highest BCUT2D eigenvalue weighted by Crippen LogP contribution is 2.61. The first kappa shape index (κ1) is 21.9. The van der Waals surface area contributed by atoms with Crippen molar-refractivity contribution in [3.63, 3.8) is 0 Å². The molecule has 4 nitrogen and oxygen atoms in total. The highest BCUT2D eigenvalue weighted by Gasteiger charge is 2.49. The highest BCUT2D eigenvalue weighted by molar-refractivity contribution is 6.33. The van der Waals surface area contributed by atoms with E-state index >= 15 is 0 Å². The summed E-state index contributed by atoms with van der Waals surface area (Å²) in [6.45, 7) is 0. The summed E-state index contributed by atoms with van der Waals surface area (Å²) in [5.74, 6) is 6.66. The Labute approximate surface area is 210 Å². The maximum atomic E-state index is 6.41. The first-order valence-electron chi connectivity index (χ1n) is 12.0. The number of rotatable bonds is 5. The molecule has 0 radical (unpaired) electrons. The second-order valence-electron chi connectivity index (χ2n) is 10.2. The lowest BCUT2D eigenvalue weighted by Gasteiger charge is -2.54. The van der Waals surface area contributed by atoms with Gasteiger partial charge in [-0.3, -0.25) is 0 Å². The molecule has 0 atom stereocenters. The summed E-state index contributed by atoms with van der Waals surface area (Å²) < 4.78 is 12.6. The normalized spacial score (nSPS) is 27.1. The smallest absolute Gasteiger partial charge is 0.131 e. The number of nitrogens with two attached hydrogens (primary N) is 2. The third kappa shape index (κ3) is 4.08. The van der Waals surface area contributed by atoms with Crippen LogP contribution in [0.3, 0.4) is 0 Å². The highest BCUT2D eigenvalue weighted by atomic mass is 35.5. The molecule has 4 aliphatic carbocycles. The van der Waals surface area contributed by atoms with E-state index in [0.717, 1.165) is 23.3 Å². The van der Waals surface area contributed by atoms with Crippen LogP contribution in [0.4, 0.5) is 11.4 Å². The van der Waals surface area contributed by atoms with E-state index < -0.39 is 0 Å². The van der Waals surface area contributed by atoms with Gasteiger partial charge in [-0.25, -0.2) is 0 Å². The Hall–Kier alpha value is -2.56. The van der Waals surface area contributed by atoms with Gasteiger partial charge in [-0.05, 0) is 104 Å². The molecule has 0 spiro atoms. The molecule has 0 saturated heterocycles. The van der Waals surface area contributed by atoms with Gasteiger partial charge in [-0.1, -0.05) is 23.2 Å². The fraction of sp³-hybridized carbons (Fsp3) is 0.357. The van der Waals surface area contributed by atoms with Crippen LogP contribution in [0.25, 0.3) is 0 Å². The molecule has 4 N–H and O–H groups in total. The van der Waals surface area contributed by atoms with Crippen molar-refractivity contribution in [2.45, 2.75) is 38.0 Å².